The number of halogens is 2. The van der Waals surface area contributed by atoms with Crippen molar-refractivity contribution in [3.05, 3.63) is 45.9 Å². The summed E-state index contributed by atoms with van der Waals surface area (Å²) in [7, 11) is 1.84. The maximum Gasteiger partial charge on any atom is 0.137 e. The zero-order valence-electron chi connectivity index (χ0n) is 8.97. The van der Waals surface area contributed by atoms with Gasteiger partial charge >= 0.3 is 0 Å². The van der Waals surface area contributed by atoms with E-state index in [1.165, 1.54) is 6.07 Å². The highest BCUT2D eigenvalue weighted by atomic mass is 79.9. The monoisotopic (exact) mass is 285 g/mol. The first-order valence-electron chi connectivity index (χ1n) is 5.17. The van der Waals surface area contributed by atoms with E-state index in [-0.39, 0.29) is 11.9 Å². The fourth-order valence-corrected chi connectivity index (χ4v) is 2.05. The molecule has 4 heteroatoms. The molecule has 16 heavy (non-hydrogen) atoms. The Bertz CT molecular complexity index is 419. The molecule has 0 aromatic heterocycles. The molecule has 1 aromatic carbocycles. The predicted molar refractivity (Wildman–Crippen MR) is 64.6 cm³/mol. The summed E-state index contributed by atoms with van der Waals surface area (Å²) in [5.41, 5.74) is 0.872. The molecular formula is C12H13BrFNO. The Morgan fingerprint density at radius 3 is 2.88 bits per heavy atom. The van der Waals surface area contributed by atoms with Crippen LogP contribution in [-0.4, -0.2) is 13.7 Å². The molecule has 0 saturated heterocycles. The number of rotatable bonds is 3. The highest BCUT2D eigenvalue weighted by Gasteiger charge is 2.19. The number of nitrogens with one attached hydrogen (secondary N) is 1. The quantitative estimate of drug-likeness (QED) is 0.921. The maximum absolute atomic E-state index is 13.4. The van der Waals surface area contributed by atoms with Crippen LogP contribution in [-0.2, 0) is 4.74 Å². The van der Waals surface area contributed by atoms with Gasteiger partial charge < -0.3 is 10.1 Å². The molecule has 0 bridgehead atoms. The molecule has 0 fully saturated rings. The Labute approximate surface area is 103 Å². The lowest BCUT2D eigenvalue weighted by molar-refractivity contribution is 0.218. The summed E-state index contributed by atoms with van der Waals surface area (Å²) in [5, 5.41) is 3.13. The maximum atomic E-state index is 13.4. The van der Waals surface area contributed by atoms with Gasteiger partial charge in [0.05, 0.1) is 17.1 Å². The van der Waals surface area contributed by atoms with E-state index in [2.05, 4.69) is 21.2 Å². The first-order chi connectivity index (χ1) is 7.72. The summed E-state index contributed by atoms with van der Waals surface area (Å²) < 4.78 is 19.4. The van der Waals surface area contributed by atoms with Gasteiger partial charge in [0, 0.05) is 6.42 Å². The number of benzene rings is 1. The van der Waals surface area contributed by atoms with Crippen molar-refractivity contribution < 1.29 is 9.13 Å². The van der Waals surface area contributed by atoms with Crippen LogP contribution in [0.1, 0.15) is 18.0 Å². The second-order valence-electron chi connectivity index (χ2n) is 3.64. The number of hydrogen-bond donors (Lipinski definition) is 1. The Balaban J connectivity index is 2.29. The molecule has 0 radical (unpaired) electrons. The van der Waals surface area contributed by atoms with E-state index in [1.807, 2.05) is 19.2 Å². The van der Waals surface area contributed by atoms with Crippen LogP contribution < -0.4 is 5.32 Å². The molecule has 1 aliphatic rings. The third-order valence-corrected chi connectivity index (χ3v) is 3.23. The normalized spacial score (nSPS) is 16.8. The van der Waals surface area contributed by atoms with Crippen LogP contribution in [0.25, 0.3) is 0 Å². The average molecular weight is 286 g/mol. The van der Waals surface area contributed by atoms with Crippen LogP contribution in [0.4, 0.5) is 4.39 Å². The van der Waals surface area contributed by atoms with Gasteiger partial charge in [-0.1, -0.05) is 6.07 Å². The molecule has 0 saturated carbocycles. The van der Waals surface area contributed by atoms with E-state index in [1.54, 1.807) is 6.07 Å². The fraction of sp³-hybridized carbons (Fsp3) is 0.333. The van der Waals surface area contributed by atoms with Crippen molar-refractivity contribution in [2.75, 3.05) is 13.7 Å². The van der Waals surface area contributed by atoms with Gasteiger partial charge in [-0.3, -0.25) is 0 Å². The van der Waals surface area contributed by atoms with Gasteiger partial charge in [0.15, 0.2) is 0 Å². The molecule has 0 amide bonds. The molecule has 86 valence electrons. The molecule has 1 N–H and O–H groups in total. The topological polar surface area (TPSA) is 21.3 Å². The lowest BCUT2D eigenvalue weighted by atomic mass is 10.0. The molecule has 1 aliphatic heterocycles. The zero-order valence-corrected chi connectivity index (χ0v) is 10.6. The number of likely N-dealkylation sites (N-methyl/N-ethyl adjacent to an activating group) is 1. The lowest BCUT2D eigenvalue weighted by Crippen LogP contribution is -2.19. The van der Waals surface area contributed by atoms with Gasteiger partial charge in [0.2, 0.25) is 0 Å². The average Bonchev–Trinajstić information content (AvgIpc) is 2.78. The number of ether oxygens (including phenoxy) is 1. The number of hydrogen-bond acceptors (Lipinski definition) is 2. The zero-order chi connectivity index (χ0) is 11.5. The van der Waals surface area contributed by atoms with Crippen LogP contribution in [0.5, 0.6) is 0 Å². The first-order valence-corrected chi connectivity index (χ1v) is 5.96. The van der Waals surface area contributed by atoms with Gasteiger partial charge in [-0.05, 0) is 46.7 Å². The van der Waals surface area contributed by atoms with Crippen LogP contribution >= 0.6 is 15.9 Å². The predicted octanol–water partition coefficient (Wildman–Crippen LogP) is 3.15. The summed E-state index contributed by atoms with van der Waals surface area (Å²) in [5.74, 6) is 0.626. The lowest BCUT2D eigenvalue weighted by Gasteiger charge is -2.18. The van der Waals surface area contributed by atoms with Gasteiger partial charge in [0.25, 0.3) is 0 Å². The van der Waals surface area contributed by atoms with Gasteiger partial charge in [-0.25, -0.2) is 4.39 Å². The van der Waals surface area contributed by atoms with Crippen LogP contribution in [0.2, 0.25) is 0 Å². The van der Waals surface area contributed by atoms with Crippen molar-refractivity contribution in [3.63, 3.8) is 0 Å². The highest BCUT2D eigenvalue weighted by molar-refractivity contribution is 9.10. The molecule has 0 aliphatic carbocycles. The van der Waals surface area contributed by atoms with E-state index in [0.717, 1.165) is 17.7 Å². The van der Waals surface area contributed by atoms with Gasteiger partial charge in [0.1, 0.15) is 11.6 Å². The molecule has 2 rings (SSSR count). The molecule has 1 unspecified atom stereocenters. The van der Waals surface area contributed by atoms with E-state index in [4.69, 9.17) is 4.74 Å². The largest absolute Gasteiger partial charge is 0.496 e. The van der Waals surface area contributed by atoms with E-state index < -0.39 is 0 Å². The van der Waals surface area contributed by atoms with Crippen molar-refractivity contribution in [3.8, 4) is 0 Å². The third kappa shape index (κ3) is 2.28. The van der Waals surface area contributed by atoms with E-state index >= 15 is 0 Å². The van der Waals surface area contributed by atoms with Crippen LogP contribution in [0, 0.1) is 5.82 Å². The summed E-state index contributed by atoms with van der Waals surface area (Å²) in [6, 6.07) is 5.06. The summed E-state index contributed by atoms with van der Waals surface area (Å²) in [4.78, 5) is 0. The van der Waals surface area contributed by atoms with Crippen LogP contribution in [0.15, 0.2) is 34.5 Å². The van der Waals surface area contributed by atoms with Gasteiger partial charge in [-0.15, -0.1) is 0 Å². The fourth-order valence-electron chi connectivity index (χ4n) is 1.80. The van der Waals surface area contributed by atoms with Crippen molar-refractivity contribution >= 4 is 15.9 Å². The second-order valence-corrected chi connectivity index (χ2v) is 4.49. The Kier molecular flexibility index (Phi) is 3.61. The van der Waals surface area contributed by atoms with Gasteiger partial charge in [-0.2, -0.15) is 0 Å². The Morgan fingerprint density at radius 2 is 2.31 bits per heavy atom. The highest BCUT2D eigenvalue weighted by Crippen LogP contribution is 2.28. The molecule has 1 heterocycles. The summed E-state index contributed by atoms with van der Waals surface area (Å²) >= 11 is 3.14. The SMILES string of the molecule is CNC(C1=CCCO1)c1ccc(Br)c(F)c1. The summed E-state index contributed by atoms with van der Waals surface area (Å²) in [6.45, 7) is 0.715. The minimum atomic E-state index is -0.253. The molecule has 0 spiro atoms. The molecule has 1 aromatic rings. The minimum Gasteiger partial charge on any atom is -0.496 e. The Hall–Kier alpha value is -0.870. The first kappa shape index (κ1) is 11.6. The Morgan fingerprint density at radius 1 is 1.50 bits per heavy atom. The second kappa shape index (κ2) is 4.97. The van der Waals surface area contributed by atoms with Crippen LogP contribution in [0.3, 0.4) is 0 Å². The van der Waals surface area contributed by atoms with Crippen molar-refractivity contribution in [2.45, 2.75) is 12.5 Å². The summed E-state index contributed by atoms with van der Waals surface area (Å²) in [6.07, 6.45) is 2.97. The minimum absolute atomic E-state index is 0.0647. The molecule has 2 nitrogen and oxygen atoms in total. The molecular weight excluding hydrogens is 273 g/mol. The van der Waals surface area contributed by atoms with E-state index in [0.29, 0.717) is 11.1 Å². The standard InChI is InChI=1S/C12H13BrFNO/c1-15-12(11-3-2-6-16-11)8-4-5-9(13)10(14)7-8/h3-5,7,12,15H,2,6H2,1H3. The smallest absolute Gasteiger partial charge is 0.137 e. The van der Waals surface area contributed by atoms with Crippen molar-refractivity contribution in [2.24, 2.45) is 0 Å². The van der Waals surface area contributed by atoms with E-state index in [9.17, 15) is 4.39 Å². The van der Waals surface area contributed by atoms with Crippen molar-refractivity contribution in [1.82, 2.24) is 5.32 Å². The van der Waals surface area contributed by atoms with Crippen molar-refractivity contribution in [1.29, 1.82) is 0 Å². The third-order valence-electron chi connectivity index (χ3n) is 2.58. The molecule has 1 atom stereocenters.